The Labute approximate surface area is 192 Å². The van der Waals surface area contributed by atoms with Gasteiger partial charge in [0, 0.05) is 0 Å². The Bertz CT molecular complexity index is 648. The summed E-state index contributed by atoms with van der Waals surface area (Å²) < 4.78 is 5.06. The van der Waals surface area contributed by atoms with Crippen LogP contribution in [0.15, 0.2) is 36.4 Å². The van der Waals surface area contributed by atoms with E-state index in [1.807, 2.05) is 0 Å². The van der Waals surface area contributed by atoms with E-state index in [0.29, 0.717) is 5.75 Å². The number of hydrogen-bond donors (Lipinski definition) is 2. The first kappa shape index (κ1) is 27.1. The largest absolute Gasteiger partial charge is 0.507 e. The minimum atomic E-state index is -0.594. The quantitative estimate of drug-likeness (QED) is 0.166. The summed E-state index contributed by atoms with van der Waals surface area (Å²) in [7, 11) is 0. The number of phenolic OH excluding ortho intramolecular Hbond substituents is 1. The third-order valence-corrected chi connectivity index (χ3v) is 5.86. The predicted octanol–water partition coefficient (Wildman–Crippen LogP) is 5.88. The molecule has 31 heavy (non-hydrogen) atoms. The van der Waals surface area contributed by atoms with Crippen LogP contribution in [0.1, 0.15) is 81.5 Å². The van der Waals surface area contributed by atoms with E-state index < -0.39 is 5.97 Å². The number of carbonyl (C=O) groups is 2. The Morgan fingerprint density at radius 2 is 1.68 bits per heavy atom. The summed E-state index contributed by atoms with van der Waals surface area (Å²) in [4.78, 5) is 23.6. The topological polar surface area (TPSA) is 75.6 Å². The molecule has 2 N–H and O–H groups in total. The fourth-order valence-corrected chi connectivity index (χ4v) is 3.86. The van der Waals surface area contributed by atoms with Crippen LogP contribution in [-0.4, -0.2) is 41.6 Å². The number of rotatable bonds is 18. The number of ether oxygens (including phenoxy) is 1. The number of unbranched alkanes of at least 4 members (excludes halogenated alkanes) is 8. The van der Waals surface area contributed by atoms with Gasteiger partial charge in [-0.05, 0) is 50.0 Å². The number of nitrogens with one attached hydrogen (secondary N) is 1. The van der Waals surface area contributed by atoms with Crippen molar-refractivity contribution in [1.82, 2.24) is 5.32 Å². The summed E-state index contributed by atoms with van der Waals surface area (Å²) in [6, 6.07) is 6.22. The molecule has 0 spiro atoms. The lowest BCUT2D eigenvalue weighted by molar-refractivity contribution is -0.118. The molecule has 1 amide bonds. The molecule has 0 saturated carbocycles. The maximum absolute atomic E-state index is 11.8. The van der Waals surface area contributed by atoms with Gasteiger partial charge in [0.05, 0.1) is 12.3 Å². The first-order valence-electron chi connectivity index (χ1n) is 11.6. The van der Waals surface area contributed by atoms with Crippen LogP contribution in [0.5, 0.6) is 5.75 Å². The van der Waals surface area contributed by atoms with Gasteiger partial charge in [0.1, 0.15) is 17.9 Å². The van der Waals surface area contributed by atoms with Crippen molar-refractivity contribution >= 4 is 23.6 Å². The Morgan fingerprint density at radius 1 is 1.00 bits per heavy atom. The van der Waals surface area contributed by atoms with E-state index in [1.165, 1.54) is 63.5 Å². The summed E-state index contributed by atoms with van der Waals surface area (Å²) in [5.74, 6) is 0.651. The van der Waals surface area contributed by atoms with Crippen LogP contribution in [0.2, 0.25) is 0 Å². The van der Waals surface area contributed by atoms with E-state index in [4.69, 9.17) is 4.74 Å². The number of carbonyl (C=O) groups excluding carboxylic acids is 2. The minimum Gasteiger partial charge on any atom is -0.507 e. The first-order valence-corrected chi connectivity index (χ1v) is 12.7. The minimum absolute atomic E-state index is 0.0505. The third-order valence-electron chi connectivity index (χ3n) is 4.81. The van der Waals surface area contributed by atoms with Gasteiger partial charge in [-0.1, -0.05) is 63.3 Å². The average molecular weight is 450 g/mol. The molecule has 6 heteroatoms. The van der Waals surface area contributed by atoms with E-state index in [2.05, 4.69) is 24.4 Å². The van der Waals surface area contributed by atoms with Crippen molar-refractivity contribution < 1.29 is 19.4 Å². The normalized spacial score (nSPS) is 11.0. The van der Waals surface area contributed by atoms with Crippen LogP contribution in [-0.2, 0) is 9.53 Å². The van der Waals surface area contributed by atoms with Crippen LogP contribution in [0, 0.1) is 0 Å². The Kier molecular flexibility index (Phi) is 16.4. The van der Waals surface area contributed by atoms with Crippen molar-refractivity contribution in [3.05, 3.63) is 42.0 Å². The highest BCUT2D eigenvalue weighted by Crippen LogP contribution is 2.16. The van der Waals surface area contributed by atoms with Crippen LogP contribution in [0.25, 0.3) is 0 Å². The van der Waals surface area contributed by atoms with Gasteiger partial charge in [-0.25, -0.2) is 4.79 Å². The molecule has 5 nitrogen and oxygen atoms in total. The molecule has 0 bridgehead atoms. The molecular formula is C25H39NO4S. The molecule has 0 aliphatic heterocycles. The fraction of sp³-hybridized carbons (Fsp3) is 0.600. The molecule has 1 aromatic rings. The van der Waals surface area contributed by atoms with E-state index in [9.17, 15) is 14.7 Å². The first-order chi connectivity index (χ1) is 15.1. The van der Waals surface area contributed by atoms with Gasteiger partial charge in [0.2, 0.25) is 5.91 Å². The Morgan fingerprint density at radius 3 is 2.39 bits per heavy atom. The third kappa shape index (κ3) is 14.6. The van der Waals surface area contributed by atoms with E-state index in [-0.39, 0.29) is 30.4 Å². The summed E-state index contributed by atoms with van der Waals surface area (Å²) in [5, 5.41) is 12.3. The highest BCUT2D eigenvalue weighted by Gasteiger charge is 2.11. The van der Waals surface area contributed by atoms with Gasteiger partial charge in [-0.2, -0.15) is 11.8 Å². The van der Waals surface area contributed by atoms with Gasteiger partial charge in [0.15, 0.2) is 0 Å². The highest BCUT2D eigenvalue weighted by atomic mass is 32.2. The van der Waals surface area contributed by atoms with Gasteiger partial charge in [-0.3, -0.25) is 4.79 Å². The highest BCUT2D eigenvalue weighted by molar-refractivity contribution is 7.99. The monoisotopic (exact) mass is 449 g/mol. The van der Waals surface area contributed by atoms with Crippen molar-refractivity contribution in [1.29, 1.82) is 0 Å². The van der Waals surface area contributed by atoms with Crippen LogP contribution >= 0.6 is 11.8 Å². The smallest absolute Gasteiger partial charge is 0.341 e. The molecule has 0 aliphatic rings. The van der Waals surface area contributed by atoms with Crippen molar-refractivity contribution in [2.45, 2.75) is 71.1 Å². The molecule has 0 saturated heterocycles. The zero-order chi connectivity index (χ0) is 22.6. The molecule has 0 atom stereocenters. The zero-order valence-electron chi connectivity index (χ0n) is 18.9. The Hall–Kier alpha value is -1.95. The van der Waals surface area contributed by atoms with Crippen molar-refractivity contribution in [2.24, 2.45) is 0 Å². The Balaban J connectivity index is 1.89. The number of phenols is 1. The number of aromatic hydroxyl groups is 1. The SMILES string of the molecule is CCCCCCC/C=C\CCCCCSCC(=O)NCCOC(=O)c1ccccc1O. The second kappa shape index (κ2) is 18.8. The maximum Gasteiger partial charge on any atom is 0.341 e. The standard InChI is InChI=1S/C25H39NO4S/c1-2-3-4-5-6-7-8-9-10-11-12-15-20-31-21-24(28)26-18-19-30-25(29)22-16-13-14-17-23(22)27/h8-9,13-14,16-17,27H,2-7,10-12,15,18-21H2,1H3,(H,26,28)/b9-8-. The molecular weight excluding hydrogens is 410 g/mol. The number of allylic oxidation sites excluding steroid dienone is 2. The molecule has 174 valence electrons. The van der Waals surface area contributed by atoms with Crippen molar-refractivity contribution in [3.63, 3.8) is 0 Å². The van der Waals surface area contributed by atoms with E-state index in [1.54, 1.807) is 23.9 Å². The average Bonchev–Trinajstić information content (AvgIpc) is 2.77. The lowest BCUT2D eigenvalue weighted by atomic mass is 10.1. The predicted molar refractivity (Wildman–Crippen MR) is 130 cm³/mol. The lowest BCUT2D eigenvalue weighted by Gasteiger charge is -2.07. The summed E-state index contributed by atoms with van der Waals surface area (Å²) >= 11 is 1.63. The summed E-state index contributed by atoms with van der Waals surface area (Å²) in [5.41, 5.74) is 0.127. The molecule has 1 rings (SSSR count). The molecule has 0 unspecified atom stereocenters. The molecule has 0 radical (unpaired) electrons. The number of para-hydroxylation sites is 1. The van der Waals surface area contributed by atoms with Crippen LogP contribution in [0.4, 0.5) is 0 Å². The maximum atomic E-state index is 11.8. The number of amides is 1. The van der Waals surface area contributed by atoms with Gasteiger partial charge >= 0.3 is 5.97 Å². The summed E-state index contributed by atoms with van der Waals surface area (Å²) in [6.45, 7) is 2.59. The molecule has 0 fully saturated rings. The van der Waals surface area contributed by atoms with Crippen molar-refractivity contribution in [2.75, 3.05) is 24.7 Å². The van der Waals surface area contributed by atoms with Gasteiger partial charge in [-0.15, -0.1) is 0 Å². The molecule has 0 aliphatic carbocycles. The molecule has 0 heterocycles. The van der Waals surface area contributed by atoms with Gasteiger partial charge in [0.25, 0.3) is 0 Å². The molecule has 0 aromatic heterocycles. The number of benzene rings is 1. The number of esters is 1. The fourth-order valence-electron chi connectivity index (χ4n) is 3.02. The van der Waals surface area contributed by atoms with Crippen LogP contribution in [0.3, 0.4) is 0 Å². The number of hydrogen-bond acceptors (Lipinski definition) is 5. The second-order valence-electron chi connectivity index (χ2n) is 7.58. The summed E-state index contributed by atoms with van der Waals surface area (Å²) in [6.07, 6.45) is 17.2. The molecule has 1 aromatic carbocycles. The van der Waals surface area contributed by atoms with Gasteiger partial charge < -0.3 is 15.2 Å². The number of thioether (sulfide) groups is 1. The second-order valence-corrected chi connectivity index (χ2v) is 8.68. The van der Waals surface area contributed by atoms with E-state index >= 15 is 0 Å². The van der Waals surface area contributed by atoms with Crippen molar-refractivity contribution in [3.8, 4) is 5.75 Å². The zero-order valence-corrected chi connectivity index (χ0v) is 19.8. The van der Waals surface area contributed by atoms with E-state index in [0.717, 1.165) is 18.6 Å². The van der Waals surface area contributed by atoms with Crippen LogP contribution < -0.4 is 5.32 Å². The lowest BCUT2D eigenvalue weighted by Crippen LogP contribution is -2.29.